The highest BCUT2D eigenvalue weighted by Gasteiger charge is 2.28. The molecule has 176 valence electrons. The third-order valence-corrected chi connectivity index (χ3v) is 5.66. The standard InChI is InChI=1S/C24H30N4O5/c1-16(29)26-20(15-18-5-4-6-21(32-2)22(18)33-3)23(30)27-19-9-13-28(14-10-19)24(31)17-7-11-25-12-8-17/h4-8,11-12,19-20H,9-10,13-15H2,1-3H3,(H,26,29)(H,27,30)/t20-/m1/s1. The van der Waals surface area contributed by atoms with Gasteiger partial charge in [-0.3, -0.25) is 19.4 Å². The van der Waals surface area contributed by atoms with Gasteiger partial charge in [-0.2, -0.15) is 0 Å². The molecule has 0 saturated carbocycles. The van der Waals surface area contributed by atoms with Crippen molar-refractivity contribution in [3.05, 3.63) is 53.9 Å². The van der Waals surface area contributed by atoms with Crippen LogP contribution >= 0.6 is 0 Å². The number of nitrogens with zero attached hydrogens (tertiary/aromatic N) is 2. The minimum Gasteiger partial charge on any atom is -0.493 e. The van der Waals surface area contributed by atoms with Crippen LogP contribution in [0, 0.1) is 0 Å². The molecule has 1 fully saturated rings. The van der Waals surface area contributed by atoms with E-state index in [9.17, 15) is 14.4 Å². The van der Waals surface area contributed by atoms with E-state index in [1.165, 1.54) is 14.0 Å². The number of rotatable bonds is 8. The summed E-state index contributed by atoms with van der Waals surface area (Å²) in [5, 5.41) is 5.77. The van der Waals surface area contributed by atoms with E-state index in [1.807, 2.05) is 12.1 Å². The molecule has 2 aromatic rings. The first-order valence-electron chi connectivity index (χ1n) is 10.9. The van der Waals surface area contributed by atoms with Crippen molar-refractivity contribution in [3.8, 4) is 11.5 Å². The lowest BCUT2D eigenvalue weighted by Gasteiger charge is -2.33. The first-order chi connectivity index (χ1) is 15.9. The van der Waals surface area contributed by atoms with Crippen molar-refractivity contribution in [2.24, 2.45) is 0 Å². The minimum atomic E-state index is -0.764. The maximum absolute atomic E-state index is 13.1. The second-order valence-corrected chi connectivity index (χ2v) is 7.92. The van der Waals surface area contributed by atoms with Gasteiger partial charge in [-0.1, -0.05) is 12.1 Å². The normalized spacial score (nSPS) is 14.8. The maximum atomic E-state index is 13.1. The average Bonchev–Trinajstić information content (AvgIpc) is 2.83. The number of carbonyl (C=O) groups excluding carboxylic acids is 3. The molecule has 33 heavy (non-hydrogen) atoms. The summed E-state index contributed by atoms with van der Waals surface area (Å²) < 4.78 is 10.8. The number of hydrogen-bond donors (Lipinski definition) is 2. The summed E-state index contributed by atoms with van der Waals surface area (Å²) >= 11 is 0. The van der Waals surface area contributed by atoms with Crippen LogP contribution in [-0.2, 0) is 16.0 Å². The lowest BCUT2D eigenvalue weighted by molar-refractivity contribution is -0.128. The third kappa shape index (κ3) is 6.21. The first-order valence-corrected chi connectivity index (χ1v) is 10.9. The van der Waals surface area contributed by atoms with E-state index in [1.54, 1.807) is 42.6 Å². The number of nitrogens with one attached hydrogen (secondary N) is 2. The van der Waals surface area contributed by atoms with Gasteiger partial charge in [-0.05, 0) is 31.0 Å². The molecule has 3 rings (SSSR count). The van der Waals surface area contributed by atoms with Crippen LogP contribution < -0.4 is 20.1 Å². The molecule has 1 aromatic heterocycles. The van der Waals surface area contributed by atoms with Gasteiger partial charge in [0.2, 0.25) is 11.8 Å². The Balaban J connectivity index is 1.62. The average molecular weight is 455 g/mol. The second kappa shape index (κ2) is 11.3. The van der Waals surface area contributed by atoms with Gasteiger partial charge in [-0.25, -0.2) is 0 Å². The summed E-state index contributed by atoms with van der Waals surface area (Å²) in [4.78, 5) is 43.2. The van der Waals surface area contributed by atoms with Crippen LogP contribution in [-0.4, -0.2) is 67.0 Å². The summed E-state index contributed by atoms with van der Waals surface area (Å²) in [7, 11) is 3.08. The molecule has 9 heteroatoms. The fourth-order valence-electron chi connectivity index (χ4n) is 3.99. The predicted molar refractivity (Wildman–Crippen MR) is 122 cm³/mol. The van der Waals surface area contributed by atoms with E-state index >= 15 is 0 Å². The summed E-state index contributed by atoms with van der Waals surface area (Å²) in [5.41, 5.74) is 1.36. The van der Waals surface area contributed by atoms with Gasteiger partial charge in [0.15, 0.2) is 11.5 Å². The number of pyridine rings is 1. The lowest BCUT2D eigenvalue weighted by Crippen LogP contribution is -2.53. The molecule has 2 N–H and O–H groups in total. The van der Waals surface area contributed by atoms with Gasteiger partial charge >= 0.3 is 0 Å². The highest BCUT2D eigenvalue weighted by molar-refractivity contribution is 5.94. The Morgan fingerprint density at radius 3 is 2.39 bits per heavy atom. The predicted octanol–water partition coefficient (Wildman–Crippen LogP) is 1.57. The van der Waals surface area contributed by atoms with E-state index in [0.29, 0.717) is 43.0 Å². The van der Waals surface area contributed by atoms with Crippen molar-refractivity contribution < 1.29 is 23.9 Å². The van der Waals surface area contributed by atoms with Crippen molar-refractivity contribution >= 4 is 17.7 Å². The maximum Gasteiger partial charge on any atom is 0.253 e. The van der Waals surface area contributed by atoms with Gasteiger partial charge in [0.25, 0.3) is 5.91 Å². The van der Waals surface area contributed by atoms with E-state index < -0.39 is 6.04 Å². The van der Waals surface area contributed by atoms with Gasteiger partial charge in [-0.15, -0.1) is 0 Å². The van der Waals surface area contributed by atoms with Crippen molar-refractivity contribution in [1.82, 2.24) is 20.5 Å². The molecule has 9 nitrogen and oxygen atoms in total. The molecule has 1 aliphatic heterocycles. The summed E-state index contributed by atoms with van der Waals surface area (Å²) in [6, 6.07) is 7.98. The van der Waals surface area contributed by atoms with Crippen LogP contribution in [0.1, 0.15) is 35.7 Å². The zero-order valence-corrected chi connectivity index (χ0v) is 19.2. The molecule has 0 radical (unpaired) electrons. The number of benzene rings is 1. The van der Waals surface area contributed by atoms with E-state index in [0.717, 1.165) is 5.56 Å². The van der Waals surface area contributed by atoms with E-state index in [4.69, 9.17) is 9.47 Å². The summed E-state index contributed by atoms with van der Waals surface area (Å²) in [5.74, 6) is 0.487. The molecule has 0 aliphatic carbocycles. The molecule has 1 aliphatic rings. The van der Waals surface area contributed by atoms with Gasteiger partial charge in [0.1, 0.15) is 6.04 Å². The SMILES string of the molecule is COc1cccc(C[C@@H](NC(C)=O)C(=O)NC2CCN(C(=O)c3ccncc3)CC2)c1OC. The summed E-state index contributed by atoms with van der Waals surface area (Å²) in [6.45, 7) is 2.47. The van der Waals surface area contributed by atoms with Crippen molar-refractivity contribution in [2.75, 3.05) is 27.3 Å². The lowest BCUT2D eigenvalue weighted by atomic mass is 10.0. The van der Waals surface area contributed by atoms with E-state index in [-0.39, 0.29) is 30.2 Å². The number of aromatic nitrogens is 1. The molecular weight excluding hydrogens is 424 g/mol. The molecular formula is C24H30N4O5. The molecule has 1 atom stereocenters. The van der Waals surface area contributed by atoms with Crippen LogP contribution in [0.25, 0.3) is 0 Å². The van der Waals surface area contributed by atoms with Crippen LogP contribution in [0.15, 0.2) is 42.7 Å². The number of likely N-dealkylation sites (tertiary alicyclic amines) is 1. The number of ether oxygens (including phenoxy) is 2. The monoisotopic (exact) mass is 454 g/mol. The highest BCUT2D eigenvalue weighted by atomic mass is 16.5. The zero-order valence-electron chi connectivity index (χ0n) is 19.2. The van der Waals surface area contributed by atoms with E-state index in [2.05, 4.69) is 15.6 Å². The fourth-order valence-corrected chi connectivity index (χ4v) is 3.99. The molecule has 1 saturated heterocycles. The number of carbonyl (C=O) groups is 3. The Morgan fingerprint density at radius 2 is 1.79 bits per heavy atom. The molecule has 0 unspecified atom stereocenters. The molecule has 0 bridgehead atoms. The fraction of sp³-hybridized carbons (Fsp3) is 0.417. The van der Waals surface area contributed by atoms with Crippen molar-refractivity contribution in [3.63, 3.8) is 0 Å². The first kappa shape index (κ1) is 24.0. The summed E-state index contributed by atoms with van der Waals surface area (Å²) in [6.07, 6.45) is 4.72. The number of methoxy groups -OCH3 is 2. The number of para-hydroxylation sites is 1. The Morgan fingerprint density at radius 1 is 1.09 bits per heavy atom. The van der Waals surface area contributed by atoms with Gasteiger partial charge in [0, 0.05) is 56.0 Å². The van der Waals surface area contributed by atoms with Crippen molar-refractivity contribution in [2.45, 2.75) is 38.3 Å². The van der Waals surface area contributed by atoms with Crippen molar-refractivity contribution in [1.29, 1.82) is 0 Å². The van der Waals surface area contributed by atoms with Crippen LogP contribution in [0.2, 0.25) is 0 Å². The smallest absolute Gasteiger partial charge is 0.253 e. The molecule has 0 spiro atoms. The molecule has 1 aromatic carbocycles. The Kier molecular flexibility index (Phi) is 8.23. The minimum absolute atomic E-state index is 0.0385. The molecule has 3 amide bonds. The van der Waals surface area contributed by atoms with Crippen LogP contribution in [0.5, 0.6) is 11.5 Å². The largest absolute Gasteiger partial charge is 0.493 e. The Hall–Kier alpha value is -3.62. The van der Waals surface area contributed by atoms with Crippen LogP contribution in [0.3, 0.4) is 0 Å². The number of hydrogen-bond acceptors (Lipinski definition) is 6. The van der Waals surface area contributed by atoms with Crippen LogP contribution in [0.4, 0.5) is 0 Å². The molecule has 2 heterocycles. The zero-order chi connectivity index (χ0) is 23.8. The third-order valence-electron chi connectivity index (χ3n) is 5.66. The van der Waals surface area contributed by atoms with Gasteiger partial charge < -0.3 is 25.0 Å². The number of amides is 3. The highest BCUT2D eigenvalue weighted by Crippen LogP contribution is 2.31. The second-order valence-electron chi connectivity index (χ2n) is 7.92. The van der Waals surface area contributed by atoms with Gasteiger partial charge in [0.05, 0.1) is 14.2 Å². The topological polar surface area (TPSA) is 110 Å². The number of piperidine rings is 1. The quantitative estimate of drug-likeness (QED) is 0.627. The Labute approximate surface area is 193 Å². The Bertz CT molecular complexity index is 974.